The van der Waals surface area contributed by atoms with E-state index in [0.29, 0.717) is 0 Å². The molecule has 1 fully saturated rings. The van der Waals surface area contributed by atoms with E-state index in [1.165, 1.54) is 51.5 Å². The molecule has 0 amide bonds. The molecule has 0 aromatic carbocycles. The molecule has 0 saturated heterocycles. The van der Waals surface area contributed by atoms with Gasteiger partial charge in [-0.2, -0.15) is 0 Å². The molecule has 0 spiro atoms. The molecule has 16 heavy (non-hydrogen) atoms. The highest BCUT2D eigenvalue weighted by Gasteiger charge is 2.27. The quantitative estimate of drug-likeness (QED) is 0.550. The molecule has 3 nitrogen and oxygen atoms in total. The summed E-state index contributed by atoms with van der Waals surface area (Å²) in [6.45, 7) is 4.10. The molecule has 0 atom stereocenters. The molecule has 0 aliphatic heterocycles. The third kappa shape index (κ3) is 6.46. The minimum atomic E-state index is 0.849. The van der Waals surface area contributed by atoms with E-state index in [1.54, 1.807) is 7.11 Å². The van der Waals surface area contributed by atoms with Crippen LogP contribution in [0.1, 0.15) is 44.9 Å². The molecular formula is C13H28N2O. The summed E-state index contributed by atoms with van der Waals surface area (Å²) in [5.74, 6) is 0. The van der Waals surface area contributed by atoms with Gasteiger partial charge in [0, 0.05) is 19.7 Å². The van der Waals surface area contributed by atoms with Crippen LogP contribution in [-0.2, 0) is 4.74 Å². The van der Waals surface area contributed by atoms with Crippen LogP contribution < -0.4 is 5.73 Å². The van der Waals surface area contributed by atoms with Crippen molar-refractivity contribution in [3.8, 4) is 0 Å². The van der Waals surface area contributed by atoms with Gasteiger partial charge in [0.05, 0.1) is 6.61 Å². The monoisotopic (exact) mass is 228 g/mol. The highest BCUT2D eigenvalue weighted by Crippen LogP contribution is 2.26. The molecule has 0 bridgehead atoms. The van der Waals surface area contributed by atoms with Crippen molar-refractivity contribution in [3.63, 3.8) is 0 Å². The Labute approximate surface area is 100 Å². The van der Waals surface area contributed by atoms with Crippen molar-refractivity contribution in [2.75, 3.05) is 33.4 Å². The maximum Gasteiger partial charge on any atom is 0.0589 e. The van der Waals surface area contributed by atoms with Gasteiger partial charge in [-0.3, -0.25) is 4.90 Å². The zero-order chi connectivity index (χ0) is 11.6. The molecule has 0 unspecified atom stereocenters. The van der Waals surface area contributed by atoms with Crippen LogP contribution in [0.5, 0.6) is 0 Å². The van der Waals surface area contributed by atoms with E-state index in [9.17, 15) is 0 Å². The third-order valence-electron chi connectivity index (χ3n) is 3.30. The number of methoxy groups -OCH3 is 1. The average molecular weight is 228 g/mol. The fourth-order valence-corrected chi connectivity index (χ4v) is 2.11. The molecule has 96 valence electrons. The first kappa shape index (κ1) is 13.9. The number of hydrogen-bond donors (Lipinski definition) is 1. The molecule has 2 N–H and O–H groups in total. The van der Waals surface area contributed by atoms with Gasteiger partial charge in [-0.25, -0.2) is 0 Å². The Bertz CT molecular complexity index is 160. The molecule has 1 saturated carbocycles. The van der Waals surface area contributed by atoms with E-state index in [2.05, 4.69) is 4.90 Å². The number of unbranched alkanes of at least 4 members (excludes halogenated alkanes) is 4. The van der Waals surface area contributed by atoms with Gasteiger partial charge in [0.2, 0.25) is 0 Å². The standard InChI is InChI=1S/C13H28N2O/c1-16-12-11-15(13-7-8-13)10-6-4-2-3-5-9-14/h13H,2-12,14H2,1H3. The Kier molecular flexibility index (Phi) is 7.81. The Hall–Kier alpha value is -0.120. The Morgan fingerprint density at radius 2 is 1.75 bits per heavy atom. The summed E-state index contributed by atoms with van der Waals surface area (Å²) in [5, 5.41) is 0. The van der Waals surface area contributed by atoms with Gasteiger partial charge in [0.15, 0.2) is 0 Å². The van der Waals surface area contributed by atoms with Gasteiger partial charge in [0.1, 0.15) is 0 Å². The predicted octanol–water partition coefficient (Wildman–Crippen LogP) is 2.01. The number of nitrogens with two attached hydrogens (primary N) is 1. The lowest BCUT2D eigenvalue weighted by Gasteiger charge is -2.21. The predicted molar refractivity (Wildman–Crippen MR) is 68.6 cm³/mol. The molecule has 1 rings (SSSR count). The molecule has 0 aromatic heterocycles. The first-order valence-electron chi connectivity index (χ1n) is 6.81. The van der Waals surface area contributed by atoms with Crippen molar-refractivity contribution in [1.29, 1.82) is 0 Å². The van der Waals surface area contributed by atoms with Crippen LogP contribution in [0, 0.1) is 0 Å². The molecular weight excluding hydrogens is 200 g/mol. The van der Waals surface area contributed by atoms with Gasteiger partial charge >= 0.3 is 0 Å². The molecule has 0 radical (unpaired) electrons. The molecule has 1 aliphatic carbocycles. The van der Waals surface area contributed by atoms with E-state index < -0.39 is 0 Å². The Balaban J connectivity index is 1.95. The lowest BCUT2D eigenvalue weighted by molar-refractivity contribution is 0.142. The summed E-state index contributed by atoms with van der Waals surface area (Å²) in [5.41, 5.74) is 5.47. The van der Waals surface area contributed by atoms with E-state index >= 15 is 0 Å². The summed E-state index contributed by atoms with van der Waals surface area (Å²) in [6.07, 6.45) is 9.34. The second-order valence-corrected chi connectivity index (χ2v) is 4.82. The summed E-state index contributed by atoms with van der Waals surface area (Å²) in [4.78, 5) is 2.60. The number of nitrogens with zero attached hydrogens (tertiary/aromatic N) is 1. The first-order valence-corrected chi connectivity index (χ1v) is 6.81. The highest BCUT2D eigenvalue weighted by molar-refractivity contribution is 4.84. The van der Waals surface area contributed by atoms with Gasteiger partial charge in [0.25, 0.3) is 0 Å². The molecule has 0 heterocycles. The van der Waals surface area contributed by atoms with Gasteiger partial charge in [-0.1, -0.05) is 19.3 Å². The molecule has 0 aromatic rings. The number of rotatable bonds is 11. The van der Waals surface area contributed by atoms with E-state index in [1.807, 2.05) is 0 Å². The van der Waals surface area contributed by atoms with Crippen molar-refractivity contribution in [2.24, 2.45) is 5.73 Å². The van der Waals surface area contributed by atoms with Crippen LogP contribution in [0.3, 0.4) is 0 Å². The largest absolute Gasteiger partial charge is 0.383 e. The van der Waals surface area contributed by atoms with Crippen molar-refractivity contribution >= 4 is 0 Å². The number of ether oxygens (including phenoxy) is 1. The van der Waals surface area contributed by atoms with Gasteiger partial charge in [-0.15, -0.1) is 0 Å². The Morgan fingerprint density at radius 3 is 2.38 bits per heavy atom. The van der Waals surface area contributed by atoms with E-state index in [0.717, 1.165) is 25.7 Å². The topological polar surface area (TPSA) is 38.5 Å². The van der Waals surface area contributed by atoms with E-state index in [4.69, 9.17) is 10.5 Å². The van der Waals surface area contributed by atoms with Crippen molar-refractivity contribution in [2.45, 2.75) is 51.0 Å². The zero-order valence-electron chi connectivity index (χ0n) is 10.8. The van der Waals surface area contributed by atoms with Crippen LogP contribution in [0.2, 0.25) is 0 Å². The SMILES string of the molecule is COCCN(CCCCCCCN)C1CC1. The average Bonchev–Trinajstić information content (AvgIpc) is 3.11. The third-order valence-corrected chi connectivity index (χ3v) is 3.30. The fourth-order valence-electron chi connectivity index (χ4n) is 2.11. The minimum Gasteiger partial charge on any atom is -0.383 e. The van der Waals surface area contributed by atoms with Crippen molar-refractivity contribution in [1.82, 2.24) is 4.90 Å². The van der Waals surface area contributed by atoms with Crippen LogP contribution in [0.25, 0.3) is 0 Å². The summed E-state index contributed by atoms with van der Waals surface area (Å²) >= 11 is 0. The molecule has 3 heteroatoms. The van der Waals surface area contributed by atoms with Crippen LogP contribution >= 0.6 is 0 Å². The number of hydrogen-bond acceptors (Lipinski definition) is 3. The van der Waals surface area contributed by atoms with Crippen molar-refractivity contribution < 1.29 is 4.74 Å². The van der Waals surface area contributed by atoms with Crippen LogP contribution in [0.15, 0.2) is 0 Å². The molecule has 1 aliphatic rings. The second kappa shape index (κ2) is 8.97. The lowest BCUT2D eigenvalue weighted by Crippen LogP contribution is -2.30. The zero-order valence-corrected chi connectivity index (χ0v) is 10.8. The normalized spacial score (nSPS) is 15.9. The van der Waals surface area contributed by atoms with Crippen molar-refractivity contribution in [3.05, 3.63) is 0 Å². The smallest absolute Gasteiger partial charge is 0.0589 e. The van der Waals surface area contributed by atoms with Gasteiger partial charge < -0.3 is 10.5 Å². The van der Waals surface area contributed by atoms with Crippen LogP contribution in [-0.4, -0.2) is 44.3 Å². The maximum absolute atomic E-state index is 5.47. The van der Waals surface area contributed by atoms with Crippen LogP contribution in [0.4, 0.5) is 0 Å². The lowest BCUT2D eigenvalue weighted by atomic mass is 10.1. The second-order valence-electron chi connectivity index (χ2n) is 4.82. The maximum atomic E-state index is 5.47. The van der Waals surface area contributed by atoms with E-state index in [-0.39, 0.29) is 0 Å². The summed E-state index contributed by atoms with van der Waals surface area (Å²) in [6, 6.07) is 0.874. The highest BCUT2D eigenvalue weighted by atomic mass is 16.5. The summed E-state index contributed by atoms with van der Waals surface area (Å²) in [7, 11) is 1.79. The summed E-state index contributed by atoms with van der Waals surface area (Å²) < 4.78 is 5.15. The Morgan fingerprint density at radius 1 is 1.06 bits per heavy atom. The van der Waals surface area contributed by atoms with Gasteiger partial charge in [-0.05, 0) is 38.8 Å². The first-order chi connectivity index (χ1) is 7.88. The fraction of sp³-hybridized carbons (Fsp3) is 1.00. The minimum absolute atomic E-state index is 0.849.